The van der Waals surface area contributed by atoms with Crippen molar-refractivity contribution in [1.82, 2.24) is 0 Å². The third-order valence-electron chi connectivity index (χ3n) is 1.45. The fraction of sp³-hybridized carbons (Fsp3) is 0.714. The highest BCUT2D eigenvalue weighted by atomic mass is 35.5. The van der Waals surface area contributed by atoms with E-state index in [1.54, 1.807) is 6.08 Å². The maximum Gasteiger partial charge on any atom is 0.130 e. The molecule has 0 amide bonds. The van der Waals surface area contributed by atoms with E-state index < -0.39 is 0 Å². The third-order valence-corrected chi connectivity index (χ3v) is 1.45. The van der Waals surface area contributed by atoms with E-state index in [9.17, 15) is 0 Å². The first-order valence-corrected chi connectivity index (χ1v) is 3.07. The summed E-state index contributed by atoms with van der Waals surface area (Å²) >= 11 is 0. The van der Waals surface area contributed by atoms with Crippen molar-refractivity contribution >= 4 is 12.4 Å². The standard InChI is InChI=1S/C7H16NO.2ClH/c1-5-7(6-9)8(2,3)4;;/h5,7,9H,1,6H2,2-4H3;2*1H/q+1;;/p-1. The molecule has 1 unspecified atom stereocenters. The molecule has 70 valence electrons. The summed E-state index contributed by atoms with van der Waals surface area (Å²) in [5, 5.41) is 8.77. The molecule has 0 aliphatic rings. The Kier molecular flexibility index (Phi) is 10.9. The van der Waals surface area contributed by atoms with Crippen LogP contribution in [0.4, 0.5) is 0 Å². The second-order valence-electron chi connectivity index (χ2n) is 3.10. The number of likely N-dealkylation sites (N-methyl/N-ethyl adjacent to an activating group) is 1. The summed E-state index contributed by atoms with van der Waals surface area (Å²) in [5.74, 6) is 0. The van der Waals surface area contributed by atoms with Crippen molar-refractivity contribution in [3.63, 3.8) is 0 Å². The lowest BCUT2D eigenvalue weighted by Crippen LogP contribution is -3.00. The monoisotopic (exact) mass is 201 g/mol. The number of hydrogen-bond acceptors (Lipinski definition) is 1. The molecule has 0 aliphatic carbocycles. The van der Waals surface area contributed by atoms with Gasteiger partial charge < -0.3 is 22.0 Å². The van der Waals surface area contributed by atoms with E-state index in [0.29, 0.717) is 0 Å². The molecule has 0 radical (unpaired) electrons. The predicted molar refractivity (Wildman–Crippen MR) is 46.4 cm³/mol. The lowest BCUT2D eigenvalue weighted by Gasteiger charge is -2.30. The van der Waals surface area contributed by atoms with Crippen LogP contribution in [0.25, 0.3) is 0 Å². The predicted octanol–water partition coefficient (Wildman–Crippen LogP) is -2.33. The van der Waals surface area contributed by atoms with Gasteiger partial charge in [0.1, 0.15) is 6.04 Å². The molecule has 0 aromatic rings. The third kappa shape index (κ3) is 6.63. The van der Waals surface area contributed by atoms with Crippen molar-refractivity contribution in [2.75, 3.05) is 27.7 Å². The van der Waals surface area contributed by atoms with Crippen LogP contribution < -0.4 is 12.4 Å². The fourth-order valence-electron chi connectivity index (χ4n) is 0.636. The highest BCUT2D eigenvalue weighted by Gasteiger charge is 2.17. The van der Waals surface area contributed by atoms with Gasteiger partial charge in [0.25, 0.3) is 0 Å². The van der Waals surface area contributed by atoms with Gasteiger partial charge in [-0.2, -0.15) is 0 Å². The fourth-order valence-corrected chi connectivity index (χ4v) is 0.636. The largest absolute Gasteiger partial charge is 1.00 e. The SMILES string of the molecule is C=CC(CO)[N+](C)(C)C.Cl.[Cl-]. The van der Waals surface area contributed by atoms with E-state index >= 15 is 0 Å². The average molecular weight is 202 g/mol. The highest BCUT2D eigenvalue weighted by molar-refractivity contribution is 5.85. The van der Waals surface area contributed by atoms with Gasteiger partial charge in [0.15, 0.2) is 0 Å². The van der Waals surface area contributed by atoms with Crippen LogP contribution in [0, 0.1) is 0 Å². The average Bonchev–Trinajstić information content (AvgIpc) is 1.65. The highest BCUT2D eigenvalue weighted by Crippen LogP contribution is 2.01. The summed E-state index contributed by atoms with van der Waals surface area (Å²) in [7, 11) is 6.09. The normalized spacial score (nSPS) is 12.4. The topological polar surface area (TPSA) is 20.2 Å². The van der Waals surface area contributed by atoms with Gasteiger partial charge in [-0.25, -0.2) is 0 Å². The molecule has 0 bridgehead atoms. The zero-order valence-electron chi connectivity index (χ0n) is 7.25. The number of hydrogen-bond donors (Lipinski definition) is 1. The summed E-state index contributed by atoms with van der Waals surface area (Å²) in [6, 6.07) is 0.157. The van der Waals surface area contributed by atoms with E-state index in [1.165, 1.54) is 0 Å². The maximum atomic E-state index is 8.77. The summed E-state index contributed by atoms with van der Waals surface area (Å²) in [6.45, 7) is 3.80. The zero-order chi connectivity index (χ0) is 7.49. The van der Waals surface area contributed by atoms with Crippen LogP contribution in [0.2, 0.25) is 0 Å². The van der Waals surface area contributed by atoms with Gasteiger partial charge in [0.2, 0.25) is 0 Å². The molecule has 0 saturated heterocycles. The van der Waals surface area contributed by atoms with Crippen molar-refractivity contribution < 1.29 is 22.0 Å². The van der Waals surface area contributed by atoms with Crippen LogP contribution in [0.3, 0.4) is 0 Å². The molecule has 0 aromatic carbocycles. The minimum Gasteiger partial charge on any atom is -1.00 e. The number of aliphatic hydroxyl groups is 1. The number of rotatable bonds is 3. The molecule has 1 atom stereocenters. The quantitative estimate of drug-likeness (QED) is 0.402. The smallest absolute Gasteiger partial charge is 0.130 e. The molecular formula is C7H17Cl2NO. The Morgan fingerprint density at radius 1 is 1.45 bits per heavy atom. The molecule has 0 rings (SSSR count). The van der Waals surface area contributed by atoms with Crippen LogP contribution in [-0.4, -0.2) is 43.4 Å². The Morgan fingerprint density at radius 2 is 1.82 bits per heavy atom. The summed E-state index contributed by atoms with van der Waals surface area (Å²) in [6.07, 6.45) is 1.78. The molecule has 0 aliphatic heterocycles. The van der Waals surface area contributed by atoms with Crippen LogP contribution in [0.5, 0.6) is 0 Å². The minimum atomic E-state index is 0. The van der Waals surface area contributed by atoms with Crippen LogP contribution in [0.1, 0.15) is 0 Å². The number of quaternary nitrogens is 1. The van der Waals surface area contributed by atoms with Crippen molar-refractivity contribution in [2.45, 2.75) is 6.04 Å². The molecule has 0 heterocycles. The van der Waals surface area contributed by atoms with Crippen molar-refractivity contribution in [3.8, 4) is 0 Å². The van der Waals surface area contributed by atoms with Gasteiger partial charge in [0.05, 0.1) is 27.7 Å². The molecule has 0 spiro atoms. The maximum absolute atomic E-state index is 8.77. The van der Waals surface area contributed by atoms with E-state index in [4.69, 9.17) is 5.11 Å². The van der Waals surface area contributed by atoms with Gasteiger partial charge >= 0.3 is 0 Å². The second kappa shape index (κ2) is 6.92. The van der Waals surface area contributed by atoms with Crippen molar-refractivity contribution in [3.05, 3.63) is 12.7 Å². The van der Waals surface area contributed by atoms with Crippen LogP contribution in [-0.2, 0) is 0 Å². The van der Waals surface area contributed by atoms with Gasteiger partial charge in [0, 0.05) is 0 Å². The first-order chi connectivity index (χ1) is 4.02. The lowest BCUT2D eigenvalue weighted by atomic mass is 10.2. The van der Waals surface area contributed by atoms with Crippen LogP contribution in [0.15, 0.2) is 12.7 Å². The number of aliphatic hydroxyl groups excluding tert-OH is 1. The minimum absolute atomic E-state index is 0. The van der Waals surface area contributed by atoms with Crippen LogP contribution >= 0.6 is 12.4 Å². The van der Waals surface area contributed by atoms with Crippen molar-refractivity contribution in [1.29, 1.82) is 0 Å². The van der Waals surface area contributed by atoms with Gasteiger partial charge in [-0.05, 0) is 6.08 Å². The van der Waals surface area contributed by atoms with E-state index in [0.717, 1.165) is 4.48 Å². The Balaban J connectivity index is -0.000000320. The Hall–Kier alpha value is 0.240. The van der Waals surface area contributed by atoms with Gasteiger partial charge in [-0.15, -0.1) is 12.4 Å². The van der Waals surface area contributed by atoms with E-state index in [1.807, 2.05) is 21.1 Å². The molecular weight excluding hydrogens is 185 g/mol. The molecule has 4 heteroatoms. The summed E-state index contributed by atoms with van der Waals surface area (Å²) in [5.41, 5.74) is 0. The molecule has 0 aromatic heterocycles. The van der Waals surface area contributed by atoms with E-state index in [2.05, 4.69) is 6.58 Å². The first kappa shape index (κ1) is 17.4. The molecule has 2 nitrogen and oxygen atoms in total. The summed E-state index contributed by atoms with van der Waals surface area (Å²) in [4.78, 5) is 0. The zero-order valence-corrected chi connectivity index (χ0v) is 8.82. The lowest BCUT2D eigenvalue weighted by molar-refractivity contribution is -0.889. The van der Waals surface area contributed by atoms with E-state index in [-0.39, 0.29) is 37.5 Å². The second-order valence-corrected chi connectivity index (χ2v) is 3.10. The molecule has 11 heavy (non-hydrogen) atoms. The molecule has 0 fully saturated rings. The summed E-state index contributed by atoms with van der Waals surface area (Å²) < 4.78 is 0.736. The van der Waals surface area contributed by atoms with Crippen molar-refractivity contribution in [2.24, 2.45) is 0 Å². The number of nitrogens with zero attached hydrogens (tertiary/aromatic N) is 1. The Morgan fingerprint density at radius 3 is 1.82 bits per heavy atom. The van der Waals surface area contributed by atoms with Gasteiger partial charge in [-0.3, -0.25) is 0 Å². The number of halogens is 2. The first-order valence-electron chi connectivity index (χ1n) is 3.07. The molecule has 0 saturated carbocycles. The Bertz CT molecular complexity index is 101. The molecule has 1 N–H and O–H groups in total. The van der Waals surface area contributed by atoms with Gasteiger partial charge in [-0.1, -0.05) is 6.58 Å². The Labute approximate surface area is 81.3 Å².